The molecule has 1 atom stereocenters. The summed E-state index contributed by atoms with van der Waals surface area (Å²) in [6, 6.07) is 7.67. The van der Waals surface area contributed by atoms with Gasteiger partial charge in [-0.15, -0.1) is 0 Å². The average molecular weight is 276 g/mol. The number of aliphatic carboxylic acids is 1. The third-order valence-corrected chi connectivity index (χ3v) is 3.50. The molecule has 0 spiro atoms. The Bertz CT molecular complexity index is 502. The Morgan fingerprint density at radius 3 is 2.95 bits per heavy atom. The van der Waals surface area contributed by atoms with Gasteiger partial charge in [-0.1, -0.05) is 12.1 Å². The number of hydrogen-bond donors (Lipinski definition) is 2. The number of carbonyl (C=O) groups excluding carboxylic acids is 1. The van der Waals surface area contributed by atoms with Crippen LogP contribution in [0.15, 0.2) is 24.3 Å². The molecule has 1 saturated heterocycles. The molecule has 0 aliphatic carbocycles. The Morgan fingerprint density at radius 1 is 1.45 bits per heavy atom. The van der Waals surface area contributed by atoms with Gasteiger partial charge in [-0.3, -0.25) is 14.5 Å². The predicted octanol–water partition coefficient (Wildman–Crippen LogP) is 1.73. The molecule has 1 heterocycles. The predicted molar refractivity (Wildman–Crippen MR) is 76.6 cm³/mol. The second kappa shape index (κ2) is 6.52. The summed E-state index contributed by atoms with van der Waals surface area (Å²) in [6.07, 6.45) is 1.04. The van der Waals surface area contributed by atoms with Crippen LogP contribution in [0.3, 0.4) is 0 Å². The van der Waals surface area contributed by atoms with Crippen LogP contribution in [0.25, 0.3) is 0 Å². The summed E-state index contributed by atoms with van der Waals surface area (Å²) in [6.45, 7) is 3.78. The van der Waals surface area contributed by atoms with E-state index in [1.807, 2.05) is 36.1 Å². The fraction of sp³-hybridized carbons (Fsp3) is 0.467. The van der Waals surface area contributed by atoms with Crippen molar-refractivity contribution >= 4 is 17.6 Å². The second-order valence-electron chi connectivity index (χ2n) is 5.41. The maximum Gasteiger partial charge on any atom is 0.303 e. The number of amides is 1. The van der Waals surface area contributed by atoms with E-state index in [1.165, 1.54) is 0 Å². The van der Waals surface area contributed by atoms with E-state index in [1.54, 1.807) is 0 Å². The fourth-order valence-corrected chi connectivity index (χ4v) is 2.60. The maximum atomic E-state index is 11.9. The van der Waals surface area contributed by atoms with E-state index < -0.39 is 5.97 Å². The number of anilines is 1. The molecule has 0 bridgehead atoms. The SMILES string of the molecule is Cc1cccc(NC(=O)CN2CCC(CC(=O)O)C2)c1. The number of carboxylic acids is 1. The van der Waals surface area contributed by atoms with E-state index in [0.717, 1.165) is 24.2 Å². The number of likely N-dealkylation sites (tertiary alicyclic amines) is 1. The van der Waals surface area contributed by atoms with Gasteiger partial charge in [-0.2, -0.15) is 0 Å². The van der Waals surface area contributed by atoms with E-state index in [0.29, 0.717) is 13.1 Å². The molecule has 1 fully saturated rings. The Morgan fingerprint density at radius 2 is 2.25 bits per heavy atom. The van der Waals surface area contributed by atoms with E-state index in [2.05, 4.69) is 5.32 Å². The van der Waals surface area contributed by atoms with Gasteiger partial charge in [0.05, 0.1) is 6.54 Å². The molecule has 5 heteroatoms. The van der Waals surface area contributed by atoms with E-state index in [4.69, 9.17) is 5.11 Å². The first kappa shape index (κ1) is 14.5. The third-order valence-electron chi connectivity index (χ3n) is 3.50. The molecule has 1 unspecified atom stereocenters. The van der Waals surface area contributed by atoms with Crippen LogP contribution in [0, 0.1) is 12.8 Å². The van der Waals surface area contributed by atoms with E-state index in [9.17, 15) is 9.59 Å². The van der Waals surface area contributed by atoms with Crippen LogP contribution in [0.5, 0.6) is 0 Å². The number of carboxylic acid groups (broad SMARTS) is 1. The highest BCUT2D eigenvalue weighted by molar-refractivity contribution is 5.92. The molecule has 108 valence electrons. The van der Waals surface area contributed by atoms with Crippen LogP contribution in [0.1, 0.15) is 18.4 Å². The minimum atomic E-state index is -0.763. The molecule has 1 aromatic rings. The van der Waals surface area contributed by atoms with Crippen LogP contribution in [0.4, 0.5) is 5.69 Å². The monoisotopic (exact) mass is 276 g/mol. The molecule has 1 aliphatic heterocycles. The van der Waals surface area contributed by atoms with Crippen LogP contribution in [0.2, 0.25) is 0 Å². The topological polar surface area (TPSA) is 69.6 Å². The summed E-state index contributed by atoms with van der Waals surface area (Å²) in [5, 5.41) is 11.6. The lowest BCUT2D eigenvalue weighted by Crippen LogP contribution is -2.31. The van der Waals surface area contributed by atoms with Crippen LogP contribution in [-0.4, -0.2) is 41.5 Å². The molecular formula is C15H20N2O3. The normalized spacial score (nSPS) is 18.9. The van der Waals surface area contributed by atoms with Gasteiger partial charge in [0.15, 0.2) is 0 Å². The number of carbonyl (C=O) groups is 2. The second-order valence-corrected chi connectivity index (χ2v) is 5.41. The average Bonchev–Trinajstić information content (AvgIpc) is 2.75. The fourth-order valence-electron chi connectivity index (χ4n) is 2.60. The molecule has 1 aliphatic rings. The first-order chi connectivity index (χ1) is 9.52. The van der Waals surface area contributed by atoms with Crippen molar-refractivity contribution in [2.45, 2.75) is 19.8 Å². The van der Waals surface area contributed by atoms with E-state index in [-0.39, 0.29) is 18.2 Å². The quantitative estimate of drug-likeness (QED) is 0.859. The van der Waals surface area contributed by atoms with Crippen LogP contribution >= 0.6 is 0 Å². The van der Waals surface area contributed by atoms with Crippen molar-refractivity contribution in [1.29, 1.82) is 0 Å². The van der Waals surface area contributed by atoms with Crippen molar-refractivity contribution in [3.05, 3.63) is 29.8 Å². The van der Waals surface area contributed by atoms with E-state index >= 15 is 0 Å². The van der Waals surface area contributed by atoms with Crippen molar-refractivity contribution in [3.8, 4) is 0 Å². The zero-order chi connectivity index (χ0) is 14.5. The highest BCUT2D eigenvalue weighted by atomic mass is 16.4. The maximum absolute atomic E-state index is 11.9. The largest absolute Gasteiger partial charge is 0.481 e. The Hall–Kier alpha value is -1.88. The number of benzene rings is 1. The lowest BCUT2D eigenvalue weighted by Gasteiger charge is -2.15. The number of aryl methyl sites for hydroxylation is 1. The zero-order valence-electron chi connectivity index (χ0n) is 11.6. The first-order valence-electron chi connectivity index (χ1n) is 6.83. The molecule has 20 heavy (non-hydrogen) atoms. The van der Waals surface area contributed by atoms with Gasteiger partial charge >= 0.3 is 5.97 Å². The summed E-state index contributed by atoms with van der Waals surface area (Å²) in [7, 11) is 0. The molecule has 1 aromatic carbocycles. The van der Waals surface area contributed by atoms with Gasteiger partial charge in [0.25, 0.3) is 0 Å². The standard InChI is InChI=1S/C15H20N2O3/c1-11-3-2-4-13(7-11)16-14(18)10-17-6-5-12(9-17)8-15(19)20/h2-4,7,12H,5-6,8-10H2,1H3,(H,16,18)(H,19,20). The highest BCUT2D eigenvalue weighted by Gasteiger charge is 2.25. The summed E-state index contributed by atoms with van der Waals surface area (Å²) in [5.74, 6) is -0.646. The molecule has 5 nitrogen and oxygen atoms in total. The molecule has 1 amide bonds. The molecule has 0 aromatic heterocycles. The summed E-state index contributed by atoms with van der Waals surface area (Å²) >= 11 is 0. The van der Waals surface area contributed by atoms with Crippen molar-refractivity contribution < 1.29 is 14.7 Å². The number of hydrogen-bond acceptors (Lipinski definition) is 3. The van der Waals surface area contributed by atoms with Gasteiger partial charge in [0.2, 0.25) is 5.91 Å². The first-order valence-corrected chi connectivity index (χ1v) is 6.83. The summed E-state index contributed by atoms with van der Waals surface area (Å²) in [5.41, 5.74) is 1.90. The Kier molecular flexibility index (Phi) is 4.74. The van der Waals surface area contributed by atoms with Gasteiger partial charge in [0, 0.05) is 18.7 Å². The molecule has 0 saturated carbocycles. The minimum Gasteiger partial charge on any atom is -0.481 e. The number of nitrogens with zero attached hydrogens (tertiary/aromatic N) is 1. The highest BCUT2D eigenvalue weighted by Crippen LogP contribution is 2.19. The molecule has 2 N–H and O–H groups in total. The lowest BCUT2D eigenvalue weighted by atomic mass is 10.1. The van der Waals surface area contributed by atoms with Gasteiger partial charge < -0.3 is 10.4 Å². The van der Waals surface area contributed by atoms with Gasteiger partial charge in [-0.25, -0.2) is 0 Å². The lowest BCUT2D eigenvalue weighted by molar-refractivity contribution is -0.138. The minimum absolute atomic E-state index is 0.0495. The Balaban J connectivity index is 1.79. The third kappa shape index (κ3) is 4.35. The van der Waals surface area contributed by atoms with Gasteiger partial charge in [0.1, 0.15) is 0 Å². The van der Waals surface area contributed by atoms with Crippen molar-refractivity contribution in [3.63, 3.8) is 0 Å². The summed E-state index contributed by atoms with van der Waals surface area (Å²) < 4.78 is 0. The zero-order valence-corrected chi connectivity index (χ0v) is 11.6. The Labute approximate surface area is 118 Å². The van der Waals surface area contributed by atoms with Crippen molar-refractivity contribution in [1.82, 2.24) is 4.90 Å². The van der Waals surface area contributed by atoms with Crippen LogP contribution < -0.4 is 5.32 Å². The van der Waals surface area contributed by atoms with Crippen LogP contribution in [-0.2, 0) is 9.59 Å². The molecular weight excluding hydrogens is 256 g/mol. The number of rotatable bonds is 5. The number of nitrogens with one attached hydrogen (secondary N) is 1. The molecule has 0 radical (unpaired) electrons. The van der Waals surface area contributed by atoms with Crippen molar-refractivity contribution in [2.24, 2.45) is 5.92 Å². The smallest absolute Gasteiger partial charge is 0.303 e. The van der Waals surface area contributed by atoms with Gasteiger partial charge in [-0.05, 0) is 43.5 Å². The molecule has 2 rings (SSSR count). The van der Waals surface area contributed by atoms with Crippen molar-refractivity contribution in [2.75, 3.05) is 25.0 Å². The summed E-state index contributed by atoms with van der Waals surface area (Å²) in [4.78, 5) is 24.6.